The van der Waals surface area contributed by atoms with Crippen LogP contribution < -0.4 is 0 Å². The second-order valence-electron chi connectivity index (χ2n) is 4.77. The van der Waals surface area contributed by atoms with E-state index in [2.05, 4.69) is 0 Å². The molecule has 0 amide bonds. The first-order chi connectivity index (χ1) is 7.51. The second-order valence-corrected chi connectivity index (χ2v) is 4.77. The molecule has 16 heavy (non-hydrogen) atoms. The van der Waals surface area contributed by atoms with Crippen LogP contribution in [0.3, 0.4) is 0 Å². The summed E-state index contributed by atoms with van der Waals surface area (Å²) in [7, 11) is 1.00. The normalized spacial score (nSPS) is 48.5. The number of carbonyl (C=O) groups is 2. The fourth-order valence-electron chi connectivity index (χ4n) is 3.14. The maximum absolute atomic E-state index is 11.7. The lowest BCUT2D eigenvalue weighted by Crippen LogP contribution is -2.48. The Labute approximate surface area is 93.7 Å². The quantitative estimate of drug-likeness (QED) is 0.475. The Balaban J connectivity index is 0.000000457. The predicted octanol–water partition coefficient (Wildman–Crippen LogP) is 0.252. The van der Waals surface area contributed by atoms with Crippen LogP contribution in [-0.2, 0) is 19.1 Å². The van der Waals surface area contributed by atoms with Crippen molar-refractivity contribution in [3.8, 4) is 0 Å². The zero-order chi connectivity index (χ0) is 12.1. The first-order valence-corrected chi connectivity index (χ1v) is 5.38. The van der Waals surface area contributed by atoms with E-state index in [0.29, 0.717) is 0 Å². The van der Waals surface area contributed by atoms with Gasteiger partial charge in [-0.15, -0.1) is 0 Å². The van der Waals surface area contributed by atoms with Gasteiger partial charge < -0.3 is 14.6 Å². The molecule has 0 aromatic rings. The number of cyclic esters (lactones) is 2. The van der Waals surface area contributed by atoms with Crippen LogP contribution in [0.25, 0.3) is 0 Å². The van der Waals surface area contributed by atoms with Crippen molar-refractivity contribution < 1.29 is 24.2 Å². The summed E-state index contributed by atoms with van der Waals surface area (Å²) in [6, 6.07) is 0. The van der Waals surface area contributed by atoms with Crippen molar-refractivity contribution in [2.75, 3.05) is 7.11 Å². The summed E-state index contributed by atoms with van der Waals surface area (Å²) in [5.74, 6) is -0.811. The molecule has 3 aliphatic heterocycles. The van der Waals surface area contributed by atoms with Gasteiger partial charge in [0.25, 0.3) is 0 Å². The molecular weight excluding hydrogens is 212 g/mol. The molecule has 5 heteroatoms. The van der Waals surface area contributed by atoms with E-state index in [9.17, 15) is 9.59 Å². The molecule has 3 aliphatic rings. The monoisotopic (exact) mass is 228 g/mol. The first kappa shape index (κ1) is 11.5. The van der Waals surface area contributed by atoms with E-state index >= 15 is 0 Å². The Morgan fingerprint density at radius 2 is 1.44 bits per heavy atom. The molecule has 4 atom stereocenters. The molecule has 1 N–H and O–H groups in total. The van der Waals surface area contributed by atoms with Crippen molar-refractivity contribution in [1.29, 1.82) is 0 Å². The molecule has 0 aliphatic carbocycles. The van der Waals surface area contributed by atoms with Gasteiger partial charge in [0.1, 0.15) is 10.8 Å². The van der Waals surface area contributed by atoms with E-state index in [4.69, 9.17) is 14.6 Å². The SMILES string of the molecule is CO.C[C@@]12C(=O)OC(=O)[C@]1(C)[C@H]1CC[C@@H]2O1. The van der Waals surface area contributed by atoms with E-state index in [1.54, 1.807) is 13.8 Å². The minimum atomic E-state index is -0.743. The number of esters is 2. The molecule has 0 radical (unpaired) electrons. The molecule has 3 saturated heterocycles. The Morgan fingerprint density at radius 3 is 1.81 bits per heavy atom. The van der Waals surface area contributed by atoms with E-state index in [1.807, 2.05) is 0 Å². The van der Waals surface area contributed by atoms with Gasteiger partial charge in [-0.05, 0) is 26.7 Å². The zero-order valence-corrected chi connectivity index (χ0v) is 9.65. The Morgan fingerprint density at radius 1 is 1.06 bits per heavy atom. The molecule has 5 nitrogen and oxygen atoms in total. The Bertz CT molecular complexity index is 320. The number of aliphatic hydroxyl groups is 1. The number of ether oxygens (including phenoxy) is 2. The van der Waals surface area contributed by atoms with Crippen molar-refractivity contribution in [3.63, 3.8) is 0 Å². The van der Waals surface area contributed by atoms with Crippen molar-refractivity contribution in [2.45, 2.75) is 38.9 Å². The van der Waals surface area contributed by atoms with Crippen LogP contribution in [0.2, 0.25) is 0 Å². The van der Waals surface area contributed by atoms with Gasteiger partial charge in [0.2, 0.25) is 0 Å². The summed E-state index contributed by atoms with van der Waals surface area (Å²) >= 11 is 0. The highest BCUT2D eigenvalue weighted by atomic mass is 16.6. The summed E-state index contributed by atoms with van der Waals surface area (Å²) in [5, 5.41) is 7.00. The largest absolute Gasteiger partial charge is 0.400 e. The molecular formula is C11H16O5. The molecule has 90 valence electrons. The van der Waals surface area contributed by atoms with Gasteiger partial charge in [-0.3, -0.25) is 9.59 Å². The van der Waals surface area contributed by atoms with E-state index in [-0.39, 0.29) is 12.2 Å². The minimum Gasteiger partial charge on any atom is -0.400 e. The number of carbonyl (C=O) groups excluding carboxylic acids is 2. The fourth-order valence-corrected chi connectivity index (χ4v) is 3.14. The highest BCUT2D eigenvalue weighted by molar-refractivity contribution is 6.03. The van der Waals surface area contributed by atoms with Gasteiger partial charge in [0.05, 0.1) is 12.2 Å². The van der Waals surface area contributed by atoms with Gasteiger partial charge in [-0.2, -0.15) is 0 Å². The Kier molecular flexibility index (Phi) is 2.36. The molecule has 3 heterocycles. The molecule has 3 rings (SSSR count). The van der Waals surface area contributed by atoms with Crippen molar-refractivity contribution in [1.82, 2.24) is 0 Å². The number of fused-ring (bicyclic) bond motifs is 5. The first-order valence-electron chi connectivity index (χ1n) is 5.38. The highest BCUT2D eigenvalue weighted by Gasteiger charge is 2.76. The molecule has 3 fully saturated rings. The molecule has 0 spiro atoms. The molecule has 2 bridgehead atoms. The summed E-state index contributed by atoms with van der Waals surface area (Å²) in [5.41, 5.74) is -1.49. The summed E-state index contributed by atoms with van der Waals surface area (Å²) in [6.45, 7) is 3.59. The average molecular weight is 228 g/mol. The van der Waals surface area contributed by atoms with Crippen LogP contribution in [0.5, 0.6) is 0 Å². The number of hydrogen-bond donors (Lipinski definition) is 1. The summed E-state index contributed by atoms with van der Waals surface area (Å²) in [4.78, 5) is 23.3. The van der Waals surface area contributed by atoms with Crippen LogP contribution in [0.15, 0.2) is 0 Å². The number of rotatable bonds is 0. The Hall–Kier alpha value is -0.940. The highest BCUT2D eigenvalue weighted by Crippen LogP contribution is 2.63. The van der Waals surface area contributed by atoms with Crippen molar-refractivity contribution >= 4 is 11.9 Å². The number of aliphatic hydroxyl groups excluding tert-OH is 1. The van der Waals surface area contributed by atoms with Crippen LogP contribution >= 0.6 is 0 Å². The molecule has 0 saturated carbocycles. The standard InChI is InChI=1S/C10H12O4.CH4O/c1-9-5-3-4-6(13-5)10(9,2)8(12)14-7(9)11;1-2/h5-6H,3-4H2,1-2H3;2H,1H3/t5-,6+,9+,10-;. The van der Waals surface area contributed by atoms with Crippen molar-refractivity contribution in [2.24, 2.45) is 10.8 Å². The maximum atomic E-state index is 11.7. The van der Waals surface area contributed by atoms with Gasteiger partial charge in [0, 0.05) is 7.11 Å². The lowest BCUT2D eigenvalue weighted by molar-refractivity contribution is -0.159. The van der Waals surface area contributed by atoms with Crippen molar-refractivity contribution in [3.05, 3.63) is 0 Å². The van der Waals surface area contributed by atoms with E-state index < -0.39 is 22.8 Å². The zero-order valence-electron chi connectivity index (χ0n) is 9.65. The lowest BCUT2D eigenvalue weighted by Gasteiger charge is -2.34. The van der Waals surface area contributed by atoms with Gasteiger partial charge in [0.15, 0.2) is 0 Å². The lowest BCUT2D eigenvalue weighted by atomic mass is 9.59. The minimum absolute atomic E-state index is 0.128. The second kappa shape index (κ2) is 3.28. The maximum Gasteiger partial charge on any atom is 0.323 e. The third-order valence-electron chi connectivity index (χ3n) is 4.42. The smallest absolute Gasteiger partial charge is 0.323 e. The third kappa shape index (κ3) is 0.936. The number of hydrogen-bond acceptors (Lipinski definition) is 5. The fraction of sp³-hybridized carbons (Fsp3) is 0.818. The van der Waals surface area contributed by atoms with Crippen LogP contribution in [-0.4, -0.2) is 36.4 Å². The molecule has 0 unspecified atom stereocenters. The molecule has 0 aromatic heterocycles. The average Bonchev–Trinajstić information content (AvgIpc) is 2.88. The van der Waals surface area contributed by atoms with Gasteiger partial charge in [-0.25, -0.2) is 0 Å². The molecule has 0 aromatic carbocycles. The predicted molar refractivity (Wildman–Crippen MR) is 53.4 cm³/mol. The summed E-state index contributed by atoms with van der Waals surface area (Å²) < 4.78 is 10.4. The van der Waals surface area contributed by atoms with Crippen LogP contribution in [0.1, 0.15) is 26.7 Å². The summed E-state index contributed by atoms with van der Waals surface area (Å²) in [6.07, 6.45) is 1.46. The van der Waals surface area contributed by atoms with Gasteiger partial charge in [-0.1, -0.05) is 0 Å². The topological polar surface area (TPSA) is 72.8 Å². The van der Waals surface area contributed by atoms with Crippen LogP contribution in [0.4, 0.5) is 0 Å². The van der Waals surface area contributed by atoms with Crippen LogP contribution in [0, 0.1) is 10.8 Å². The van der Waals surface area contributed by atoms with Gasteiger partial charge >= 0.3 is 11.9 Å². The van der Waals surface area contributed by atoms with E-state index in [0.717, 1.165) is 20.0 Å². The third-order valence-corrected chi connectivity index (χ3v) is 4.42. The van der Waals surface area contributed by atoms with E-state index in [1.165, 1.54) is 0 Å².